The highest BCUT2D eigenvalue weighted by Crippen LogP contribution is 2.06. The van der Waals surface area contributed by atoms with Crippen LogP contribution in [0, 0.1) is 0 Å². The third-order valence-electron chi connectivity index (χ3n) is 3.02. The van der Waals surface area contributed by atoms with Crippen LogP contribution in [0.5, 0.6) is 0 Å². The van der Waals surface area contributed by atoms with Crippen LogP contribution in [0.1, 0.15) is 24.8 Å². The molecule has 1 aliphatic carbocycles. The Labute approximate surface area is 120 Å². The highest BCUT2D eigenvalue weighted by atomic mass is 32.1. The van der Waals surface area contributed by atoms with Crippen molar-refractivity contribution >= 4 is 17.3 Å². The van der Waals surface area contributed by atoms with Crippen LogP contribution in [-0.4, -0.2) is 11.7 Å². The molecular formula is C16H20N2S. The van der Waals surface area contributed by atoms with E-state index in [1.807, 2.05) is 6.07 Å². The van der Waals surface area contributed by atoms with Crippen LogP contribution in [0.2, 0.25) is 0 Å². The Hall–Kier alpha value is -1.61. The number of rotatable bonds is 5. The van der Waals surface area contributed by atoms with Gasteiger partial charge in [0, 0.05) is 12.2 Å². The lowest BCUT2D eigenvalue weighted by Crippen LogP contribution is -2.35. The summed E-state index contributed by atoms with van der Waals surface area (Å²) in [5, 5.41) is 7.17. The number of thiocarbonyl (C=S) groups is 1. The second-order valence-electron chi connectivity index (χ2n) is 4.61. The van der Waals surface area contributed by atoms with Crippen LogP contribution in [0.3, 0.4) is 0 Å². The van der Waals surface area contributed by atoms with Gasteiger partial charge in [-0.25, -0.2) is 0 Å². The van der Waals surface area contributed by atoms with Crippen LogP contribution in [0.4, 0.5) is 0 Å². The number of aryl methyl sites for hydroxylation is 1. The van der Waals surface area contributed by atoms with E-state index in [0.717, 1.165) is 37.9 Å². The number of nitrogens with one attached hydrogen (secondary N) is 2. The quantitative estimate of drug-likeness (QED) is 0.635. The third kappa shape index (κ3) is 5.26. The number of hydrogen-bond acceptors (Lipinski definition) is 1. The van der Waals surface area contributed by atoms with Crippen LogP contribution < -0.4 is 10.6 Å². The van der Waals surface area contributed by atoms with Crippen molar-refractivity contribution in [2.24, 2.45) is 0 Å². The van der Waals surface area contributed by atoms with Crippen molar-refractivity contribution in [2.45, 2.75) is 25.7 Å². The van der Waals surface area contributed by atoms with Gasteiger partial charge in [0.2, 0.25) is 0 Å². The first-order chi connectivity index (χ1) is 9.34. The molecule has 0 atom stereocenters. The van der Waals surface area contributed by atoms with Gasteiger partial charge in [0.15, 0.2) is 5.11 Å². The largest absolute Gasteiger partial charge is 0.362 e. The van der Waals surface area contributed by atoms with Crippen LogP contribution in [-0.2, 0) is 6.42 Å². The predicted molar refractivity (Wildman–Crippen MR) is 85.0 cm³/mol. The summed E-state index contributed by atoms with van der Waals surface area (Å²) in [4.78, 5) is 0. The van der Waals surface area contributed by atoms with Crippen molar-refractivity contribution in [1.82, 2.24) is 10.6 Å². The van der Waals surface area contributed by atoms with E-state index in [2.05, 4.69) is 53.1 Å². The van der Waals surface area contributed by atoms with Crippen LogP contribution >= 0.6 is 12.2 Å². The third-order valence-corrected chi connectivity index (χ3v) is 3.27. The topological polar surface area (TPSA) is 24.1 Å². The van der Waals surface area contributed by atoms with Crippen LogP contribution in [0.25, 0.3) is 0 Å². The number of hydrogen-bond donors (Lipinski definition) is 2. The molecule has 0 heterocycles. The predicted octanol–water partition coefficient (Wildman–Crippen LogP) is 3.32. The molecule has 0 bridgehead atoms. The summed E-state index contributed by atoms with van der Waals surface area (Å²) in [5.41, 5.74) is 2.48. The maximum atomic E-state index is 5.27. The molecule has 0 saturated heterocycles. The molecule has 100 valence electrons. The van der Waals surface area contributed by atoms with Gasteiger partial charge in [-0.05, 0) is 49.5 Å². The minimum absolute atomic E-state index is 0.714. The first-order valence-electron chi connectivity index (χ1n) is 6.80. The summed E-state index contributed by atoms with van der Waals surface area (Å²) in [6.07, 6.45) is 10.8. The lowest BCUT2D eigenvalue weighted by molar-refractivity contribution is 0.767. The van der Waals surface area contributed by atoms with Crippen molar-refractivity contribution in [3.8, 4) is 0 Å². The highest BCUT2D eigenvalue weighted by molar-refractivity contribution is 7.80. The normalized spacial score (nSPS) is 13.8. The molecule has 0 radical (unpaired) electrons. The summed E-state index contributed by atoms with van der Waals surface area (Å²) in [6, 6.07) is 10.5. The zero-order chi connectivity index (χ0) is 13.3. The molecule has 3 heteroatoms. The molecule has 0 saturated carbocycles. The van der Waals surface area contributed by atoms with Crippen molar-refractivity contribution in [3.05, 3.63) is 59.8 Å². The Bertz CT molecular complexity index is 463. The van der Waals surface area contributed by atoms with E-state index >= 15 is 0 Å². The maximum Gasteiger partial charge on any atom is 0.170 e. The summed E-state index contributed by atoms with van der Waals surface area (Å²) in [6.45, 7) is 0.901. The van der Waals surface area contributed by atoms with E-state index in [1.165, 1.54) is 5.56 Å². The van der Waals surface area contributed by atoms with Gasteiger partial charge in [-0.15, -0.1) is 0 Å². The summed E-state index contributed by atoms with van der Waals surface area (Å²) in [5.74, 6) is 0. The Morgan fingerprint density at radius 3 is 2.74 bits per heavy atom. The van der Waals surface area contributed by atoms with E-state index in [9.17, 15) is 0 Å². The highest BCUT2D eigenvalue weighted by Gasteiger charge is 2.00. The average Bonchev–Trinajstić information content (AvgIpc) is 2.46. The molecule has 0 spiro atoms. The molecule has 0 aromatic heterocycles. The summed E-state index contributed by atoms with van der Waals surface area (Å²) in [7, 11) is 0. The molecule has 0 fully saturated rings. The van der Waals surface area contributed by atoms with Gasteiger partial charge in [-0.1, -0.05) is 42.5 Å². The van der Waals surface area contributed by atoms with E-state index in [4.69, 9.17) is 12.2 Å². The summed E-state index contributed by atoms with van der Waals surface area (Å²) < 4.78 is 0. The van der Waals surface area contributed by atoms with Gasteiger partial charge in [0.25, 0.3) is 0 Å². The molecule has 0 amide bonds. The monoisotopic (exact) mass is 272 g/mol. The van der Waals surface area contributed by atoms with Crippen molar-refractivity contribution in [3.63, 3.8) is 0 Å². The Morgan fingerprint density at radius 1 is 1.16 bits per heavy atom. The molecule has 2 N–H and O–H groups in total. The van der Waals surface area contributed by atoms with Crippen molar-refractivity contribution in [2.75, 3.05) is 6.54 Å². The summed E-state index contributed by atoms with van der Waals surface area (Å²) >= 11 is 5.27. The van der Waals surface area contributed by atoms with E-state index in [-0.39, 0.29) is 0 Å². The Kier molecular flexibility index (Phi) is 5.63. The second-order valence-corrected chi connectivity index (χ2v) is 5.02. The standard InChI is InChI=1S/C16H20N2S/c19-16(18-15-11-5-2-6-12-15)17-13-7-10-14-8-3-1-4-9-14/h1,3-5,8-9,11-12H,2,6-7,10,13H2,(H2,17,18,19). The molecule has 0 unspecified atom stereocenters. The maximum absolute atomic E-state index is 5.27. The lowest BCUT2D eigenvalue weighted by Gasteiger charge is -2.13. The van der Waals surface area contributed by atoms with Gasteiger partial charge in [0.05, 0.1) is 0 Å². The Balaban J connectivity index is 1.61. The first-order valence-corrected chi connectivity index (χ1v) is 7.21. The van der Waals surface area contributed by atoms with E-state index in [0.29, 0.717) is 5.11 Å². The average molecular weight is 272 g/mol. The van der Waals surface area contributed by atoms with Gasteiger partial charge in [-0.3, -0.25) is 0 Å². The number of allylic oxidation sites excluding steroid dienone is 3. The number of benzene rings is 1. The van der Waals surface area contributed by atoms with E-state index in [1.54, 1.807) is 0 Å². The molecule has 0 aliphatic heterocycles. The second kappa shape index (κ2) is 7.74. The minimum Gasteiger partial charge on any atom is -0.362 e. The van der Waals surface area contributed by atoms with Crippen molar-refractivity contribution < 1.29 is 0 Å². The zero-order valence-corrected chi connectivity index (χ0v) is 11.9. The molecule has 1 aliphatic rings. The van der Waals surface area contributed by atoms with Gasteiger partial charge in [0.1, 0.15) is 0 Å². The molecule has 2 rings (SSSR count). The smallest absolute Gasteiger partial charge is 0.170 e. The van der Waals surface area contributed by atoms with Gasteiger partial charge < -0.3 is 10.6 Å². The zero-order valence-electron chi connectivity index (χ0n) is 11.1. The van der Waals surface area contributed by atoms with Gasteiger partial charge >= 0.3 is 0 Å². The van der Waals surface area contributed by atoms with Crippen LogP contribution in [0.15, 0.2) is 54.3 Å². The molecule has 2 nitrogen and oxygen atoms in total. The van der Waals surface area contributed by atoms with E-state index < -0.39 is 0 Å². The molecule has 1 aromatic rings. The molecule has 1 aromatic carbocycles. The minimum atomic E-state index is 0.714. The fourth-order valence-electron chi connectivity index (χ4n) is 2.02. The molecular weight excluding hydrogens is 252 g/mol. The first kappa shape index (κ1) is 13.8. The Morgan fingerprint density at radius 2 is 2.00 bits per heavy atom. The van der Waals surface area contributed by atoms with Gasteiger partial charge in [-0.2, -0.15) is 0 Å². The van der Waals surface area contributed by atoms with Crippen molar-refractivity contribution in [1.29, 1.82) is 0 Å². The fraction of sp³-hybridized carbons (Fsp3) is 0.312. The SMILES string of the molecule is S=C(NCCCc1ccccc1)NC1=CCCC=C1. The lowest BCUT2D eigenvalue weighted by atomic mass is 10.1. The molecule has 19 heavy (non-hydrogen) atoms. The fourth-order valence-corrected chi connectivity index (χ4v) is 2.24.